The molecule has 0 saturated heterocycles. The lowest BCUT2D eigenvalue weighted by molar-refractivity contribution is -0.141. The average molecular weight is 383 g/mol. The molecule has 0 aliphatic rings. The maximum atomic E-state index is 12.9. The van der Waals surface area contributed by atoms with Crippen molar-refractivity contribution in [3.8, 4) is 5.75 Å². The van der Waals surface area contributed by atoms with Gasteiger partial charge in [-0.15, -0.1) is 0 Å². The number of carbonyl (C=O) groups is 2. The van der Waals surface area contributed by atoms with Crippen LogP contribution in [0, 0.1) is 13.8 Å². The van der Waals surface area contributed by atoms with E-state index in [9.17, 15) is 9.59 Å². The van der Waals surface area contributed by atoms with Crippen molar-refractivity contribution in [2.45, 2.75) is 40.2 Å². The van der Waals surface area contributed by atoms with Crippen LogP contribution in [0.2, 0.25) is 0 Å². The molecule has 0 bridgehead atoms. The number of nitrogens with zero attached hydrogens (tertiary/aromatic N) is 1. The molecule has 5 heteroatoms. The van der Waals surface area contributed by atoms with Gasteiger partial charge in [0.2, 0.25) is 5.91 Å². The summed E-state index contributed by atoms with van der Waals surface area (Å²) in [5.41, 5.74) is 3.25. The van der Waals surface area contributed by atoms with Gasteiger partial charge in [0.15, 0.2) is 6.61 Å². The van der Waals surface area contributed by atoms with Crippen molar-refractivity contribution in [2.24, 2.45) is 0 Å². The molecule has 0 fully saturated rings. The first-order valence-corrected chi connectivity index (χ1v) is 9.73. The van der Waals surface area contributed by atoms with E-state index in [-0.39, 0.29) is 18.4 Å². The molecule has 5 nitrogen and oxygen atoms in total. The molecule has 0 heterocycles. The van der Waals surface area contributed by atoms with E-state index < -0.39 is 6.04 Å². The molecule has 0 aromatic heterocycles. The smallest absolute Gasteiger partial charge is 0.261 e. The summed E-state index contributed by atoms with van der Waals surface area (Å²) >= 11 is 0. The van der Waals surface area contributed by atoms with Crippen LogP contribution in [0.25, 0.3) is 0 Å². The molecule has 28 heavy (non-hydrogen) atoms. The Bertz CT molecular complexity index is 790. The van der Waals surface area contributed by atoms with Crippen molar-refractivity contribution < 1.29 is 14.3 Å². The summed E-state index contributed by atoms with van der Waals surface area (Å²) in [5.74, 6) is 0.331. The van der Waals surface area contributed by atoms with Crippen molar-refractivity contribution in [3.05, 3.63) is 65.2 Å². The summed E-state index contributed by atoms with van der Waals surface area (Å²) < 4.78 is 5.75. The van der Waals surface area contributed by atoms with Gasteiger partial charge in [-0.1, -0.05) is 48.0 Å². The highest BCUT2D eigenvalue weighted by molar-refractivity contribution is 5.87. The Morgan fingerprint density at radius 3 is 2.46 bits per heavy atom. The van der Waals surface area contributed by atoms with Crippen LogP contribution >= 0.6 is 0 Å². The van der Waals surface area contributed by atoms with Gasteiger partial charge in [0, 0.05) is 13.1 Å². The molecule has 0 radical (unpaired) electrons. The Labute approximate surface area is 167 Å². The number of rotatable bonds is 9. The molecule has 0 aliphatic heterocycles. The van der Waals surface area contributed by atoms with Crippen LogP contribution in [0.4, 0.5) is 0 Å². The summed E-state index contributed by atoms with van der Waals surface area (Å²) in [6.07, 6.45) is 0.680. The van der Waals surface area contributed by atoms with Crippen LogP contribution in [-0.4, -0.2) is 42.5 Å². The summed E-state index contributed by atoms with van der Waals surface area (Å²) in [5, 5.41) is 2.79. The number of amides is 2. The van der Waals surface area contributed by atoms with E-state index in [0.717, 1.165) is 16.7 Å². The van der Waals surface area contributed by atoms with Gasteiger partial charge in [-0.05, 0) is 51.3 Å². The number of ether oxygens (including phenoxy) is 1. The normalized spacial score (nSPS) is 11.6. The largest absolute Gasteiger partial charge is 0.483 e. The lowest BCUT2D eigenvalue weighted by Crippen LogP contribution is -2.50. The molecule has 1 N–H and O–H groups in total. The number of hydrogen-bond acceptors (Lipinski definition) is 3. The Kier molecular flexibility index (Phi) is 8.05. The highest BCUT2D eigenvalue weighted by Gasteiger charge is 2.25. The quantitative estimate of drug-likeness (QED) is 0.724. The summed E-state index contributed by atoms with van der Waals surface area (Å²) in [6.45, 7) is 8.48. The topological polar surface area (TPSA) is 58.6 Å². The van der Waals surface area contributed by atoms with Gasteiger partial charge in [-0.3, -0.25) is 9.59 Å². The zero-order chi connectivity index (χ0) is 20.5. The average Bonchev–Trinajstić information content (AvgIpc) is 2.68. The maximum Gasteiger partial charge on any atom is 0.261 e. The number of nitrogens with one attached hydrogen (secondary N) is 1. The lowest BCUT2D eigenvalue weighted by atomic mass is 10.1. The van der Waals surface area contributed by atoms with Gasteiger partial charge in [0.25, 0.3) is 5.91 Å². The molecule has 2 aromatic rings. The number of likely N-dealkylation sites (N-methyl/N-ethyl adjacent to an activating group) is 1. The second-order valence-electron chi connectivity index (χ2n) is 6.95. The molecular weight excluding hydrogens is 352 g/mol. The monoisotopic (exact) mass is 382 g/mol. The molecule has 0 aliphatic carbocycles. The fraction of sp³-hybridized carbons (Fsp3) is 0.391. The first-order valence-electron chi connectivity index (χ1n) is 9.73. The first kappa shape index (κ1) is 21.5. The third-order valence-electron chi connectivity index (χ3n) is 4.68. The van der Waals surface area contributed by atoms with Crippen molar-refractivity contribution in [3.63, 3.8) is 0 Å². The Morgan fingerprint density at radius 2 is 1.82 bits per heavy atom. The predicted octanol–water partition coefficient (Wildman–Crippen LogP) is 3.28. The van der Waals surface area contributed by atoms with E-state index in [2.05, 4.69) is 5.32 Å². The summed E-state index contributed by atoms with van der Waals surface area (Å²) in [6, 6.07) is 15.2. The van der Waals surface area contributed by atoms with Crippen molar-refractivity contribution >= 4 is 11.8 Å². The zero-order valence-electron chi connectivity index (χ0n) is 17.2. The molecule has 150 valence electrons. The highest BCUT2D eigenvalue weighted by atomic mass is 16.5. The minimum absolute atomic E-state index is 0.0948. The number of benzene rings is 2. The van der Waals surface area contributed by atoms with Crippen LogP contribution in [0.3, 0.4) is 0 Å². The van der Waals surface area contributed by atoms with Crippen molar-refractivity contribution in [1.82, 2.24) is 10.2 Å². The lowest BCUT2D eigenvalue weighted by Gasteiger charge is -2.28. The molecule has 2 rings (SSSR count). The first-order chi connectivity index (χ1) is 13.4. The number of carbonyl (C=O) groups excluding carboxylic acids is 2. The molecule has 2 aromatic carbocycles. The van der Waals surface area contributed by atoms with Crippen molar-refractivity contribution in [2.75, 3.05) is 19.7 Å². The Hall–Kier alpha value is -2.82. The molecule has 0 saturated carbocycles. The van der Waals surface area contributed by atoms with Crippen LogP contribution in [0.1, 0.15) is 30.5 Å². The highest BCUT2D eigenvalue weighted by Crippen LogP contribution is 2.19. The van der Waals surface area contributed by atoms with E-state index in [1.807, 2.05) is 69.3 Å². The van der Waals surface area contributed by atoms with Gasteiger partial charge in [-0.25, -0.2) is 0 Å². The molecule has 0 unspecified atom stereocenters. The van der Waals surface area contributed by atoms with E-state index in [4.69, 9.17) is 4.74 Å². The second-order valence-corrected chi connectivity index (χ2v) is 6.95. The van der Waals surface area contributed by atoms with Crippen LogP contribution < -0.4 is 10.1 Å². The summed E-state index contributed by atoms with van der Waals surface area (Å²) in [4.78, 5) is 26.8. The van der Waals surface area contributed by atoms with E-state index >= 15 is 0 Å². The van der Waals surface area contributed by atoms with Crippen LogP contribution in [0.5, 0.6) is 5.75 Å². The van der Waals surface area contributed by atoms with Gasteiger partial charge < -0.3 is 15.0 Å². The Balaban J connectivity index is 2.07. The van der Waals surface area contributed by atoms with E-state index in [1.54, 1.807) is 11.8 Å². The zero-order valence-corrected chi connectivity index (χ0v) is 17.2. The fourth-order valence-corrected chi connectivity index (χ4v) is 3.08. The number of hydrogen-bond donors (Lipinski definition) is 1. The predicted molar refractivity (Wildman–Crippen MR) is 111 cm³/mol. The minimum atomic E-state index is -0.557. The third-order valence-corrected chi connectivity index (χ3v) is 4.68. The third kappa shape index (κ3) is 6.12. The second kappa shape index (κ2) is 10.5. The standard InChI is InChI=1S/C23H30N2O3/c1-5-24-23(27)19(4)25(14-13-20-9-7-6-8-10-20)22(26)16-28-21-12-11-17(2)15-18(21)3/h6-12,15,19H,5,13-14,16H2,1-4H3,(H,24,27)/t19-/m1/s1. The van der Waals surface area contributed by atoms with Gasteiger partial charge in [-0.2, -0.15) is 0 Å². The SMILES string of the molecule is CCNC(=O)[C@@H](C)N(CCc1ccccc1)C(=O)COc1ccc(C)cc1C. The molecular formula is C23H30N2O3. The van der Waals surface area contributed by atoms with Gasteiger partial charge >= 0.3 is 0 Å². The number of aryl methyl sites for hydroxylation is 2. The van der Waals surface area contributed by atoms with E-state index in [0.29, 0.717) is 25.3 Å². The summed E-state index contributed by atoms with van der Waals surface area (Å²) in [7, 11) is 0. The van der Waals surface area contributed by atoms with Crippen molar-refractivity contribution in [1.29, 1.82) is 0 Å². The van der Waals surface area contributed by atoms with Crippen LogP contribution in [0.15, 0.2) is 48.5 Å². The van der Waals surface area contributed by atoms with Gasteiger partial charge in [0.1, 0.15) is 11.8 Å². The maximum absolute atomic E-state index is 12.9. The van der Waals surface area contributed by atoms with E-state index in [1.165, 1.54) is 0 Å². The molecule has 1 atom stereocenters. The van der Waals surface area contributed by atoms with Gasteiger partial charge in [0.05, 0.1) is 0 Å². The van der Waals surface area contributed by atoms with Crippen LogP contribution in [-0.2, 0) is 16.0 Å². The fourth-order valence-electron chi connectivity index (χ4n) is 3.08. The Morgan fingerprint density at radius 1 is 1.11 bits per heavy atom. The minimum Gasteiger partial charge on any atom is -0.483 e. The molecule has 2 amide bonds. The molecule has 0 spiro atoms.